The molecule has 2 aliphatic rings. The van der Waals surface area contributed by atoms with Gasteiger partial charge in [-0.3, -0.25) is 0 Å². The van der Waals surface area contributed by atoms with Gasteiger partial charge in [-0.1, -0.05) is 24.3 Å². The minimum absolute atomic E-state index is 0.0907. The van der Waals surface area contributed by atoms with Crippen LogP contribution in [0.2, 0.25) is 0 Å². The maximum Gasteiger partial charge on any atom is 0.157 e. The van der Waals surface area contributed by atoms with Crippen LogP contribution in [0, 0.1) is 0 Å². The number of aliphatic hydroxyl groups is 2. The number of hydrogen-bond donors (Lipinski definition) is 8. The van der Waals surface area contributed by atoms with E-state index < -0.39 is 36.1 Å². The van der Waals surface area contributed by atoms with Gasteiger partial charge in [-0.2, -0.15) is 0 Å². The van der Waals surface area contributed by atoms with Crippen LogP contribution >= 0.6 is 0 Å². The van der Waals surface area contributed by atoms with Gasteiger partial charge in [-0.25, -0.2) is 0 Å². The highest BCUT2D eigenvalue weighted by Gasteiger charge is 2.44. The van der Waals surface area contributed by atoms with Crippen molar-refractivity contribution < 1.29 is 50.3 Å². The molecule has 0 bridgehead atoms. The Morgan fingerprint density at radius 3 is 1.88 bits per heavy atom. The molecule has 10 nitrogen and oxygen atoms in total. The number of aromatic hydroxyl groups is 6. The highest BCUT2D eigenvalue weighted by molar-refractivity contribution is 5.60. The van der Waals surface area contributed by atoms with Gasteiger partial charge in [0.25, 0.3) is 0 Å². The van der Waals surface area contributed by atoms with E-state index in [1.165, 1.54) is 54.6 Å². The highest BCUT2D eigenvalue weighted by Crippen LogP contribution is 2.53. The van der Waals surface area contributed by atoms with E-state index in [-0.39, 0.29) is 52.2 Å². The fourth-order valence-corrected chi connectivity index (χ4v) is 5.54. The number of benzene rings is 4. The lowest BCUT2D eigenvalue weighted by Crippen LogP contribution is -2.36. The van der Waals surface area contributed by atoms with Crippen molar-refractivity contribution in [2.24, 2.45) is 0 Å². The van der Waals surface area contributed by atoms with Gasteiger partial charge in [-0.15, -0.1) is 0 Å². The predicted molar refractivity (Wildman–Crippen MR) is 140 cm³/mol. The van der Waals surface area contributed by atoms with Crippen molar-refractivity contribution in [1.82, 2.24) is 0 Å². The molecule has 4 aromatic rings. The Labute approximate surface area is 227 Å². The molecule has 0 radical (unpaired) electrons. The van der Waals surface area contributed by atoms with Crippen LogP contribution in [-0.4, -0.2) is 53.1 Å². The molecule has 2 heterocycles. The van der Waals surface area contributed by atoms with Crippen molar-refractivity contribution in [3.8, 4) is 46.0 Å². The normalized spacial score (nSPS) is 23.4. The van der Waals surface area contributed by atoms with Gasteiger partial charge >= 0.3 is 0 Å². The van der Waals surface area contributed by atoms with E-state index in [4.69, 9.17) is 9.47 Å². The Morgan fingerprint density at radius 1 is 0.600 bits per heavy atom. The number of ether oxygens (including phenoxy) is 2. The maximum atomic E-state index is 11.7. The van der Waals surface area contributed by atoms with E-state index in [1.807, 2.05) is 0 Å². The minimum Gasteiger partial charge on any atom is -0.508 e. The largest absolute Gasteiger partial charge is 0.508 e. The fraction of sp³-hybridized carbons (Fsp3) is 0.200. The van der Waals surface area contributed by atoms with Gasteiger partial charge < -0.3 is 50.3 Å². The monoisotopic (exact) mass is 546 g/mol. The van der Waals surface area contributed by atoms with Crippen molar-refractivity contribution in [3.05, 3.63) is 94.5 Å². The van der Waals surface area contributed by atoms with Gasteiger partial charge in [0.05, 0.1) is 6.10 Å². The Balaban J connectivity index is 1.50. The zero-order valence-electron chi connectivity index (χ0n) is 20.8. The lowest BCUT2D eigenvalue weighted by molar-refractivity contribution is 0.00214. The van der Waals surface area contributed by atoms with Gasteiger partial charge in [0, 0.05) is 29.5 Å². The summed E-state index contributed by atoms with van der Waals surface area (Å²) < 4.78 is 12.3. The average molecular weight is 547 g/mol. The molecule has 0 spiro atoms. The third kappa shape index (κ3) is 4.14. The smallest absolute Gasteiger partial charge is 0.157 e. The molecule has 0 aromatic heterocycles. The van der Waals surface area contributed by atoms with Gasteiger partial charge in [-0.05, 0) is 53.1 Å². The van der Waals surface area contributed by atoms with Crippen LogP contribution in [0.5, 0.6) is 46.0 Å². The zero-order chi connectivity index (χ0) is 28.3. The quantitative estimate of drug-likeness (QED) is 0.177. The maximum absolute atomic E-state index is 11.7. The second-order valence-corrected chi connectivity index (χ2v) is 10.0. The SMILES string of the molecule is Oc1ccc2c(c1)O[C@@H](c1ccc(O)c(O)c1)[C@@H](O)[C@@H]2c1c(O)ccc2c1O[C@H](c1ccc(O)c(O)c1)[C@@H](O)C2. The summed E-state index contributed by atoms with van der Waals surface area (Å²) in [5.41, 5.74) is 1.95. The summed E-state index contributed by atoms with van der Waals surface area (Å²) in [7, 11) is 0. The Hall–Kier alpha value is -4.80. The molecule has 4 aromatic carbocycles. The molecule has 206 valence electrons. The minimum atomic E-state index is -1.34. The van der Waals surface area contributed by atoms with E-state index in [9.17, 15) is 40.9 Å². The second kappa shape index (κ2) is 9.44. The van der Waals surface area contributed by atoms with Gasteiger partial charge in [0.15, 0.2) is 29.1 Å². The predicted octanol–water partition coefficient (Wildman–Crippen LogP) is 3.58. The van der Waals surface area contributed by atoms with Crippen LogP contribution in [0.25, 0.3) is 0 Å². The van der Waals surface area contributed by atoms with Gasteiger partial charge in [0.2, 0.25) is 0 Å². The number of fused-ring (bicyclic) bond motifs is 2. The number of phenols is 6. The molecule has 40 heavy (non-hydrogen) atoms. The Kier molecular flexibility index (Phi) is 6.01. The summed E-state index contributed by atoms with van der Waals surface area (Å²) in [4.78, 5) is 0. The summed E-state index contributed by atoms with van der Waals surface area (Å²) in [6.45, 7) is 0. The van der Waals surface area contributed by atoms with E-state index in [0.29, 0.717) is 22.3 Å². The first kappa shape index (κ1) is 25.5. The molecule has 0 fully saturated rings. The first-order chi connectivity index (χ1) is 19.1. The van der Waals surface area contributed by atoms with E-state index >= 15 is 0 Å². The molecular formula is C30H26O10. The molecule has 0 aliphatic carbocycles. The number of hydrogen-bond acceptors (Lipinski definition) is 10. The second-order valence-electron chi connectivity index (χ2n) is 10.0. The average Bonchev–Trinajstić information content (AvgIpc) is 2.92. The lowest BCUT2D eigenvalue weighted by Gasteiger charge is -2.40. The standard InChI is InChI=1S/C30H26O10/c31-16-4-5-17-24(12-16)39-30(15-2-7-19(33)22(36)10-15)27(38)25(17)26-20(34)8-3-14-11-23(37)28(40-29(14)26)13-1-6-18(32)21(35)9-13/h1-10,12,23,25,27-28,30-38H,11H2/t23-,25-,27-,28+,30-/m0/s1. The zero-order valence-corrected chi connectivity index (χ0v) is 20.8. The molecule has 5 atom stereocenters. The molecule has 0 saturated heterocycles. The van der Waals surface area contributed by atoms with Crippen LogP contribution in [0.1, 0.15) is 45.9 Å². The van der Waals surface area contributed by atoms with Crippen LogP contribution in [-0.2, 0) is 6.42 Å². The topological polar surface area (TPSA) is 180 Å². The molecule has 8 N–H and O–H groups in total. The number of aliphatic hydroxyl groups excluding tert-OH is 2. The van der Waals surface area contributed by atoms with Crippen molar-refractivity contribution in [1.29, 1.82) is 0 Å². The van der Waals surface area contributed by atoms with Crippen LogP contribution < -0.4 is 9.47 Å². The van der Waals surface area contributed by atoms with Crippen LogP contribution in [0.15, 0.2) is 66.7 Å². The van der Waals surface area contributed by atoms with Crippen molar-refractivity contribution in [2.45, 2.75) is 36.8 Å². The summed E-state index contributed by atoms with van der Waals surface area (Å²) in [6, 6.07) is 15.5. The number of rotatable bonds is 3. The highest BCUT2D eigenvalue weighted by atomic mass is 16.5. The summed E-state index contributed by atoms with van der Waals surface area (Å²) in [6.07, 6.45) is -4.29. The lowest BCUT2D eigenvalue weighted by atomic mass is 9.78. The summed E-state index contributed by atoms with van der Waals surface area (Å²) in [5.74, 6) is -2.27. The van der Waals surface area contributed by atoms with Crippen LogP contribution in [0.4, 0.5) is 0 Å². The Morgan fingerprint density at radius 2 is 1.23 bits per heavy atom. The molecule has 0 unspecified atom stereocenters. The first-order valence-electron chi connectivity index (χ1n) is 12.5. The van der Waals surface area contributed by atoms with E-state index in [1.54, 1.807) is 12.1 Å². The van der Waals surface area contributed by atoms with Crippen molar-refractivity contribution in [3.63, 3.8) is 0 Å². The molecule has 6 rings (SSSR count). The third-order valence-corrected chi connectivity index (χ3v) is 7.48. The third-order valence-electron chi connectivity index (χ3n) is 7.48. The molecule has 0 amide bonds. The molecular weight excluding hydrogens is 520 g/mol. The van der Waals surface area contributed by atoms with Crippen LogP contribution in [0.3, 0.4) is 0 Å². The molecule has 2 aliphatic heterocycles. The summed E-state index contributed by atoms with van der Waals surface area (Å²) in [5, 5.41) is 83.6. The number of phenolic OH excluding ortho intramolecular Hbond substituents is 6. The van der Waals surface area contributed by atoms with Crippen molar-refractivity contribution >= 4 is 0 Å². The fourth-order valence-electron chi connectivity index (χ4n) is 5.54. The van der Waals surface area contributed by atoms with E-state index in [0.717, 1.165) is 0 Å². The van der Waals surface area contributed by atoms with Gasteiger partial charge in [0.1, 0.15) is 35.2 Å². The summed E-state index contributed by atoms with van der Waals surface area (Å²) >= 11 is 0. The molecule has 10 heteroatoms. The van der Waals surface area contributed by atoms with Crippen molar-refractivity contribution in [2.75, 3.05) is 0 Å². The molecule has 0 saturated carbocycles. The first-order valence-corrected chi connectivity index (χ1v) is 12.5. The van der Waals surface area contributed by atoms with E-state index in [2.05, 4.69) is 0 Å². The Bertz CT molecular complexity index is 1620.